The molecule has 3 N–H and O–H groups in total. The minimum Gasteiger partial charge on any atom is -0.497 e. The third-order valence-electron chi connectivity index (χ3n) is 3.63. The van der Waals surface area contributed by atoms with Crippen molar-refractivity contribution < 1.29 is 37.3 Å². The number of halogens is 3. The lowest BCUT2D eigenvalue weighted by Gasteiger charge is -2.17. The number of ether oxygens (including phenoxy) is 3. The van der Waals surface area contributed by atoms with E-state index in [9.17, 15) is 23.1 Å². The summed E-state index contributed by atoms with van der Waals surface area (Å²) in [5.41, 5.74) is 0.662. The third kappa shape index (κ3) is 7.03. The number of pyridine rings is 1. The second-order valence-electron chi connectivity index (χ2n) is 5.75. The van der Waals surface area contributed by atoms with Gasteiger partial charge in [0.1, 0.15) is 17.6 Å². The summed E-state index contributed by atoms with van der Waals surface area (Å²) in [5, 5.41) is 15.2. The van der Waals surface area contributed by atoms with E-state index in [0.29, 0.717) is 17.1 Å². The van der Waals surface area contributed by atoms with Crippen LogP contribution in [0.5, 0.6) is 17.4 Å². The van der Waals surface area contributed by atoms with Crippen LogP contribution in [0.4, 0.5) is 23.7 Å². The summed E-state index contributed by atoms with van der Waals surface area (Å²) in [6.45, 7) is -1.59. The Morgan fingerprint density at radius 2 is 1.97 bits per heavy atom. The molecule has 0 spiro atoms. The zero-order chi connectivity index (χ0) is 21.4. The SMILES string of the molecule is COc1ccc(OC)c(C(O)CNC(=O)Nc2ccc(OCC(F)(F)F)nc2)c1. The number of aromatic nitrogens is 1. The second-order valence-corrected chi connectivity index (χ2v) is 5.75. The summed E-state index contributed by atoms with van der Waals surface area (Å²) in [7, 11) is 2.93. The average molecular weight is 415 g/mol. The number of nitrogens with one attached hydrogen (secondary N) is 2. The Balaban J connectivity index is 1.88. The number of hydrogen-bond acceptors (Lipinski definition) is 6. The van der Waals surface area contributed by atoms with Gasteiger partial charge in [-0.2, -0.15) is 13.2 Å². The highest BCUT2D eigenvalue weighted by atomic mass is 19.4. The zero-order valence-electron chi connectivity index (χ0n) is 15.6. The molecule has 1 heterocycles. The molecule has 1 atom stereocenters. The molecule has 2 amide bonds. The Hall–Kier alpha value is -3.21. The number of benzene rings is 1. The van der Waals surface area contributed by atoms with Crippen molar-refractivity contribution in [3.63, 3.8) is 0 Å². The van der Waals surface area contributed by atoms with Crippen molar-refractivity contribution in [2.24, 2.45) is 0 Å². The summed E-state index contributed by atoms with van der Waals surface area (Å²) < 4.78 is 51.1. The topological polar surface area (TPSA) is 102 Å². The monoisotopic (exact) mass is 415 g/mol. The molecule has 8 nitrogen and oxygen atoms in total. The van der Waals surface area contributed by atoms with Crippen molar-refractivity contribution in [1.82, 2.24) is 10.3 Å². The van der Waals surface area contributed by atoms with Gasteiger partial charge in [0, 0.05) is 18.2 Å². The number of nitrogens with zero attached hydrogens (tertiary/aromatic N) is 1. The van der Waals surface area contributed by atoms with Gasteiger partial charge >= 0.3 is 12.2 Å². The van der Waals surface area contributed by atoms with E-state index in [1.165, 1.54) is 26.4 Å². The highest BCUT2D eigenvalue weighted by Gasteiger charge is 2.28. The quantitative estimate of drug-likeness (QED) is 0.613. The molecule has 1 aromatic heterocycles. The first-order valence-electron chi connectivity index (χ1n) is 8.32. The minimum atomic E-state index is -4.47. The molecular weight excluding hydrogens is 395 g/mol. The molecule has 2 aromatic rings. The van der Waals surface area contributed by atoms with Crippen LogP contribution in [0.15, 0.2) is 36.5 Å². The van der Waals surface area contributed by atoms with E-state index >= 15 is 0 Å². The number of urea groups is 1. The lowest BCUT2D eigenvalue weighted by Crippen LogP contribution is -2.32. The summed E-state index contributed by atoms with van der Waals surface area (Å²) in [6, 6.07) is 6.77. The van der Waals surface area contributed by atoms with Crippen LogP contribution in [0.1, 0.15) is 11.7 Å². The Labute approximate surface area is 164 Å². The van der Waals surface area contributed by atoms with Crippen LogP contribution in [-0.2, 0) is 0 Å². The Kier molecular flexibility index (Phi) is 7.48. The van der Waals surface area contributed by atoms with Crippen LogP contribution < -0.4 is 24.8 Å². The Morgan fingerprint density at radius 3 is 2.55 bits per heavy atom. The van der Waals surface area contributed by atoms with Crippen LogP contribution in [0.2, 0.25) is 0 Å². The number of carbonyl (C=O) groups is 1. The molecule has 1 unspecified atom stereocenters. The van der Waals surface area contributed by atoms with Gasteiger partial charge in [0.25, 0.3) is 0 Å². The highest BCUT2D eigenvalue weighted by Crippen LogP contribution is 2.29. The van der Waals surface area contributed by atoms with Gasteiger partial charge in [0.2, 0.25) is 5.88 Å². The predicted octanol–water partition coefficient (Wildman–Crippen LogP) is 2.90. The van der Waals surface area contributed by atoms with E-state index in [-0.39, 0.29) is 18.1 Å². The molecule has 1 aromatic carbocycles. The number of methoxy groups -OCH3 is 2. The summed E-state index contributed by atoms with van der Waals surface area (Å²) in [5.74, 6) is 0.719. The first-order chi connectivity index (χ1) is 13.7. The summed E-state index contributed by atoms with van der Waals surface area (Å²) >= 11 is 0. The molecule has 0 saturated carbocycles. The van der Waals surface area contributed by atoms with E-state index in [4.69, 9.17) is 9.47 Å². The van der Waals surface area contributed by atoms with Crippen LogP contribution in [-0.4, -0.2) is 49.7 Å². The fourth-order valence-electron chi connectivity index (χ4n) is 2.27. The number of carbonyl (C=O) groups excluding carboxylic acids is 1. The number of alkyl halides is 3. The second kappa shape index (κ2) is 9.82. The fraction of sp³-hybridized carbons (Fsp3) is 0.333. The van der Waals surface area contributed by atoms with E-state index in [0.717, 1.165) is 6.20 Å². The number of hydrogen-bond donors (Lipinski definition) is 3. The number of aliphatic hydroxyl groups excluding tert-OH is 1. The molecule has 29 heavy (non-hydrogen) atoms. The first kappa shape index (κ1) is 22.1. The predicted molar refractivity (Wildman–Crippen MR) is 97.3 cm³/mol. The van der Waals surface area contributed by atoms with Crippen molar-refractivity contribution >= 4 is 11.7 Å². The molecule has 0 radical (unpaired) electrons. The molecule has 0 aliphatic heterocycles. The number of rotatable bonds is 8. The van der Waals surface area contributed by atoms with Gasteiger partial charge in [0.05, 0.1) is 26.1 Å². The van der Waals surface area contributed by atoms with Crippen molar-refractivity contribution in [2.75, 3.05) is 32.7 Å². The number of anilines is 1. The van der Waals surface area contributed by atoms with Crippen molar-refractivity contribution in [3.05, 3.63) is 42.1 Å². The molecule has 0 fully saturated rings. The molecule has 0 saturated heterocycles. The van der Waals surface area contributed by atoms with E-state index in [1.807, 2.05) is 0 Å². The lowest BCUT2D eigenvalue weighted by atomic mass is 10.1. The van der Waals surface area contributed by atoms with Gasteiger partial charge in [-0.1, -0.05) is 0 Å². The van der Waals surface area contributed by atoms with Gasteiger partial charge in [0.15, 0.2) is 6.61 Å². The van der Waals surface area contributed by atoms with Crippen molar-refractivity contribution in [1.29, 1.82) is 0 Å². The maximum absolute atomic E-state index is 12.1. The normalized spacial score (nSPS) is 12.1. The van der Waals surface area contributed by atoms with Crippen LogP contribution in [0.3, 0.4) is 0 Å². The first-order valence-corrected chi connectivity index (χ1v) is 8.32. The molecule has 158 valence electrons. The Morgan fingerprint density at radius 1 is 1.21 bits per heavy atom. The van der Waals surface area contributed by atoms with Crippen LogP contribution in [0.25, 0.3) is 0 Å². The van der Waals surface area contributed by atoms with Crippen molar-refractivity contribution in [3.8, 4) is 17.4 Å². The molecular formula is C18H20F3N3O5. The third-order valence-corrected chi connectivity index (χ3v) is 3.63. The van der Waals surface area contributed by atoms with E-state index in [1.54, 1.807) is 18.2 Å². The van der Waals surface area contributed by atoms with Gasteiger partial charge in [-0.15, -0.1) is 0 Å². The maximum atomic E-state index is 12.1. The minimum absolute atomic E-state index is 0.129. The van der Waals surface area contributed by atoms with Gasteiger partial charge in [-0.3, -0.25) is 0 Å². The maximum Gasteiger partial charge on any atom is 0.422 e. The highest BCUT2D eigenvalue weighted by molar-refractivity contribution is 5.89. The summed E-state index contributed by atoms with van der Waals surface area (Å²) in [4.78, 5) is 15.6. The lowest BCUT2D eigenvalue weighted by molar-refractivity contribution is -0.154. The smallest absolute Gasteiger partial charge is 0.422 e. The molecule has 0 bridgehead atoms. The number of amides is 2. The largest absolute Gasteiger partial charge is 0.497 e. The molecule has 2 rings (SSSR count). The van der Waals surface area contributed by atoms with E-state index in [2.05, 4.69) is 20.4 Å². The fourth-order valence-corrected chi connectivity index (χ4v) is 2.27. The van der Waals surface area contributed by atoms with Gasteiger partial charge in [-0.05, 0) is 24.3 Å². The van der Waals surface area contributed by atoms with Gasteiger partial charge in [-0.25, -0.2) is 9.78 Å². The molecule has 0 aliphatic carbocycles. The number of aliphatic hydroxyl groups is 1. The van der Waals surface area contributed by atoms with Gasteiger partial charge < -0.3 is 30.0 Å². The van der Waals surface area contributed by atoms with Crippen LogP contribution >= 0.6 is 0 Å². The summed E-state index contributed by atoms with van der Waals surface area (Å²) in [6.07, 6.45) is -4.39. The average Bonchev–Trinajstić information content (AvgIpc) is 2.70. The zero-order valence-corrected chi connectivity index (χ0v) is 15.6. The Bertz CT molecular complexity index is 815. The van der Waals surface area contributed by atoms with Crippen LogP contribution in [0, 0.1) is 0 Å². The van der Waals surface area contributed by atoms with E-state index < -0.39 is 24.9 Å². The molecule has 0 aliphatic rings. The molecule has 11 heteroatoms. The van der Waals surface area contributed by atoms with Crippen molar-refractivity contribution in [2.45, 2.75) is 12.3 Å². The standard InChI is InChI=1S/C18H20F3N3O5/c1-27-12-4-5-15(28-2)13(7-12)14(25)9-23-17(26)24-11-3-6-16(22-8-11)29-10-18(19,20)21/h3-8,14,25H,9-10H2,1-2H3,(H2,23,24,26).